The van der Waals surface area contributed by atoms with E-state index in [1.807, 2.05) is 68.4 Å². The van der Waals surface area contributed by atoms with Crippen LogP contribution in [0.3, 0.4) is 0 Å². The van der Waals surface area contributed by atoms with Gasteiger partial charge in [0.05, 0.1) is 23.1 Å². The van der Waals surface area contributed by atoms with E-state index in [-0.39, 0.29) is 49.9 Å². The molecular weight excluding hydrogens is 651 g/mol. The molecule has 0 aromatic heterocycles. The standard InChI is InChI=1S/C36H36Cl2N6O4/c1-23(2)44(36(48)39-18-25-12-15-30(37)31(38)16-25)42-21-34(46)43-32(17-24-10-13-28(14-11-24)40-22-45)35(47)41(20-33(42)43)19-27-8-5-7-26-6-3-4-9-29(26)27/h3-16,22-23,32-33H,17-21H2,1-2H3,(H,39,48)(H,40,45)/t32-,33+/m0/s1. The molecule has 2 N–H and O–H groups in total. The molecule has 10 nitrogen and oxygen atoms in total. The zero-order valence-corrected chi connectivity index (χ0v) is 28.1. The van der Waals surface area contributed by atoms with Crippen LogP contribution >= 0.6 is 23.2 Å². The smallest absolute Gasteiger partial charge is 0.332 e. The molecule has 0 radical (unpaired) electrons. The molecule has 4 aromatic carbocycles. The summed E-state index contributed by atoms with van der Waals surface area (Å²) in [6.45, 7) is 4.49. The van der Waals surface area contributed by atoms with Crippen LogP contribution in [0.4, 0.5) is 10.5 Å². The first-order chi connectivity index (χ1) is 23.1. The fraction of sp³-hybridized carbons (Fsp3) is 0.278. The SMILES string of the molecule is CC(C)N(C(=O)NCc1ccc(Cl)c(Cl)c1)N1CC(=O)N2[C@@H](Cc3ccc(NC=O)cc3)C(=O)N(Cc3cccc4ccccc34)C[C@@H]21. The van der Waals surface area contributed by atoms with Crippen molar-refractivity contribution in [3.05, 3.63) is 112 Å². The fourth-order valence-electron chi connectivity index (χ4n) is 6.58. The molecule has 2 fully saturated rings. The van der Waals surface area contributed by atoms with Crippen molar-refractivity contribution in [3.63, 3.8) is 0 Å². The third kappa shape index (κ3) is 6.82. The second-order valence-electron chi connectivity index (χ2n) is 12.3. The van der Waals surface area contributed by atoms with Crippen molar-refractivity contribution < 1.29 is 19.2 Å². The topological polar surface area (TPSA) is 105 Å². The minimum atomic E-state index is -0.797. The zero-order chi connectivity index (χ0) is 33.9. The molecular formula is C36H36Cl2N6O4. The lowest BCUT2D eigenvalue weighted by Gasteiger charge is -2.47. The molecule has 4 aromatic rings. The predicted molar refractivity (Wildman–Crippen MR) is 186 cm³/mol. The van der Waals surface area contributed by atoms with E-state index in [2.05, 4.69) is 10.6 Å². The van der Waals surface area contributed by atoms with E-state index in [1.54, 1.807) is 50.1 Å². The summed E-state index contributed by atoms with van der Waals surface area (Å²) in [4.78, 5) is 56.3. The Labute approximate surface area is 289 Å². The number of rotatable bonds is 10. The first-order valence-corrected chi connectivity index (χ1v) is 16.5. The van der Waals surface area contributed by atoms with Crippen molar-refractivity contribution in [2.45, 2.75) is 51.6 Å². The minimum absolute atomic E-state index is 0.0584. The number of hydrogen-bond donors (Lipinski definition) is 2. The molecule has 2 aliphatic rings. The van der Waals surface area contributed by atoms with Gasteiger partial charge in [0.1, 0.15) is 12.2 Å². The van der Waals surface area contributed by atoms with Gasteiger partial charge in [0.2, 0.25) is 18.2 Å². The van der Waals surface area contributed by atoms with Crippen molar-refractivity contribution in [3.8, 4) is 0 Å². The van der Waals surface area contributed by atoms with Crippen LogP contribution in [0.2, 0.25) is 10.0 Å². The molecule has 0 bridgehead atoms. The molecule has 0 spiro atoms. The third-order valence-electron chi connectivity index (χ3n) is 8.82. The van der Waals surface area contributed by atoms with E-state index in [0.29, 0.717) is 28.7 Å². The van der Waals surface area contributed by atoms with Crippen LogP contribution in [0.5, 0.6) is 0 Å². The van der Waals surface area contributed by atoms with E-state index in [0.717, 1.165) is 27.5 Å². The summed E-state index contributed by atoms with van der Waals surface area (Å²) >= 11 is 12.3. The van der Waals surface area contributed by atoms with Crippen LogP contribution in [0.15, 0.2) is 84.9 Å². The molecule has 0 unspecified atom stereocenters. The summed E-state index contributed by atoms with van der Waals surface area (Å²) < 4.78 is 0. The molecule has 0 saturated carbocycles. The monoisotopic (exact) mass is 686 g/mol. The lowest BCUT2D eigenvalue weighted by molar-refractivity contribution is -0.158. The molecule has 12 heteroatoms. The largest absolute Gasteiger partial charge is 0.333 e. The summed E-state index contributed by atoms with van der Waals surface area (Å²) in [6.07, 6.45) is 0.297. The van der Waals surface area contributed by atoms with E-state index in [4.69, 9.17) is 23.2 Å². The Bertz CT molecular complexity index is 1850. The highest BCUT2D eigenvalue weighted by Crippen LogP contribution is 2.32. The van der Waals surface area contributed by atoms with Gasteiger partial charge < -0.3 is 20.4 Å². The maximum absolute atomic E-state index is 14.3. The van der Waals surface area contributed by atoms with Crippen LogP contribution in [0, 0.1) is 0 Å². The van der Waals surface area contributed by atoms with Crippen LogP contribution in [-0.4, -0.2) is 75.4 Å². The van der Waals surface area contributed by atoms with Gasteiger partial charge in [-0.05, 0) is 65.6 Å². The van der Waals surface area contributed by atoms with Crippen LogP contribution in [0.1, 0.15) is 30.5 Å². The number of fused-ring (bicyclic) bond motifs is 2. The van der Waals surface area contributed by atoms with E-state index in [1.165, 1.54) is 0 Å². The normalized spacial score (nSPS) is 17.9. The van der Waals surface area contributed by atoms with Gasteiger partial charge in [-0.2, -0.15) is 5.01 Å². The highest BCUT2D eigenvalue weighted by atomic mass is 35.5. The maximum atomic E-state index is 14.3. The first kappa shape index (κ1) is 33.3. The molecule has 248 valence electrons. The van der Waals surface area contributed by atoms with Crippen molar-refractivity contribution in [1.29, 1.82) is 0 Å². The van der Waals surface area contributed by atoms with Gasteiger partial charge in [0.25, 0.3) is 0 Å². The Balaban J connectivity index is 1.31. The van der Waals surface area contributed by atoms with Crippen LogP contribution < -0.4 is 10.6 Å². The lowest BCUT2D eigenvalue weighted by Crippen LogP contribution is -2.66. The van der Waals surface area contributed by atoms with Gasteiger partial charge in [-0.15, -0.1) is 0 Å². The summed E-state index contributed by atoms with van der Waals surface area (Å²) in [5, 5.41) is 11.9. The number of nitrogens with zero attached hydrogens (tertiary/aromatic N) is 4. The number of benzene rings is 4. The van der Waals surface area contributed by atoms with Crippen LogP contribution in [0.25, 0.3) is 10.8 Å². The Morgan fingerprint density at radius 1 is 0.958 bits per heavy atom. The van der Waals surface area contributed by atoms with Gasteiger partial charge in [0.15, 0.2) is 0 Å². The van der Waals surface area contributed by atoms with Crippen LogP contribution in [-0.2, 0) is 33.9 Å². The number of hydrazine groups is 1. The van der Waals surface area contributed by atoms with Gasteiger partial charge >= 0.3 is 6.03 Å². The van der Waals surface area contributed by atoms with Gasteiger partial charge in [-0.1, -0.05) is 83.9 Å². The molecule has 6 rings (SSSR count). The number of halogens is 2. The number of carbonyl (C=O) groups excluding carboxylic acids is 4. The van der Waals surface area contributed by atoms with Gasteiger partial charge in [-0.3, -0.25) is 19.4 Å². The second kappa shape index (κ2) is 14.2. The lowest BCUT2D eigenvalue weighted by atomic mass is 9.98. The van der Waals surface area contributed by atoms with Crippen molar-refractivity contribution in [2.75, 3.05) is 18.4 Å². The summed E-state index contributed by atoms with van der Waals surface area (Å²) in [6, 6.07) is 25.0. The maximum Gasteiger partial charge on any atom is 0.332 e. The van der Waals surface area contributed by atoms with E-state index < -0.39 is 12.2 Å². The molecule has 5 amide bonds. The average Bonchev–Trinajstić information content (AvgIpc) is 3.39. The Morgan fingerprint density at radius 2 is 1.69 bits per heavy atom. The van der Waals surface area contributed by atoms with E-state index in [9.17, 15) is 19.2 Å². The van der Waals surface area contributed by atoms with Gasteiger partial charge in [-0.25, -0.2) is 4.79 Å². The number of carbonyl (C=O) groups is 4. The molecule has 2 atom stereocenters. The summed E-state index contributed by atoms with van der Waals surface area (Å²) in [5.41, 5.74) is 3.23. The average molecular weight is 688 g/mol. The molecule has 48 heavy (non-hydrogen) atoms. The Kier molecular flexibility index (Phi) is 9.86. The quantitative estimate of drug-likeness (QED) is 0.209. The third-order valence-corrected chi connectivity index (χ3v) is 9.56. The predicted octanol–water partition coefficient (Wildman–Crippen LogP) is 5.67. The Hall–Kier alpha value is -4.64. The number of anilines is 1. The molecule has 2 aliphatic heterocycles. The van der Waals surface area contributed by atoms with Crippen molar-refractivity contribution in [1.82, 2.24) is 25.1 Å². The fourth-order valence-corrected chi connectivity index (χ4v) is 6.90. The molecule has 0 aliphatic carbocycles. The minimum Gasteiger partial charge on any atom is -0.333 e. The van der Waals surface area contributed by atoms with Crippen molar-refractivity contribution >= 4 is 63.9 Å². The number of hydrogen-bond acceptors (Lipinski definition) is 5. The first-order valence-electron chi connectivity index (χ1n) is 15.8. The number of urea groups is 1. The number of nitrogens with one attached hydrogen (secondary N) is 2. The summed E-state index contributed by atoms with van der Waals surface area (Å²) in [7, 11) is 0. The zero-order valence-electron chi connectivity index (χ0n) is 26.6. The number of piperazine rings is 1. The highest BCUT2D eigenvalue weighted by molar-refractivity contribution is 6.42. The van der Waals surface area contributed by atoms with E-state index >= 15 is 0 Å². The van der Waals surface area contributed by atoms with Gasteiger partial charge in [0, 0.05) is 31.2 Å². The second-order valence-corrected chi connectivity index (χ2v) is 13.1. The highest BCUT2D eigenvalue weighted by Gasteiger charge is 2.52. The Morgan fingerprint density at radius 3 is 2.42 bits per heavy atom. The number of amides is 5. The molecule has 2 saturated heterocycles. The summed E-state index contributed by atoms with van der Waals surface area (Å²) in [5.74, 6) is -0.394. The molecule has 2 heterocycles. The van der Waals surface area contributed by atoms with Crippen molar-refractivity contribution in [2.24, 2.45) is 0 Å².